The van der Waals surface area contributed by atoms with E-state index >= 15 is 0 Å². The SMILES string of the molecule is CC(NC(=O)C1(N)C2CCCOC2C1(C)C)c1ccc2c(c1)OCO2. The van der Waals surface area contributed by atoms with Crippen LogP contribution in [0.25, 0.3) is 0 Å². The number of amides is 1. The fourth-order valence-corrected chi connectivity index (χ4v) is 4.62. The lowest BCUT2D eigenvalue weighted by Gasteiger charge is -2.65. The summed E-state index contributed by atoms with van der Waals surface area (Å²) in [5, 5.41) is 3.10. The van der Waals surface area contributed by atoms with Gasteiger partial charge in [0.1, 0.15) is 5.54 Å². The van der Waals surface area contributed by atoms with Crippen molar-refractivity contribution in [2.45, 2.75) is 51.3 Å². The van der Waals surface area contributed by atoms with Gasteiger partial charge in [-0.05, 0) is 37.5 Å². The summed E-state index contributed by atoms with van der Waals surface area (Å²) in [7, 11) is 0. The fourth-order valence-electron chi connectivity index (χ4n) is 4.62. The number of nitrogens with two attached hydrogens (primary N) is 1. The highest BCUT2D eigenvalue weighted by molar-refractivity contribution is 5.89. The lowest BCUT2D eigenvalue weighted by atomic mass is 9.46. The molecule has 3 N–H and O–H groups in total. The molecule has 1 aromatic carbocycles. The summed E-state index contributed by atoms with van der Waals surface area (Å²) < 4.78 is 16.6. The molecule has 0 aromatic heterocycles. The molecule has 0 bridgehead atoms. The molecule has 1 aromatic rings. The summed E-state index contributed by atoms with van der Waals surface area (Å²) in [4.78, 5) is 13.1. The van der Waals surface area contributed by atoms with Gasteiger partial charge in [0.25, 0.3) is 0 Å². The number of fused-ring (bicyclic) bond motifs is 2. The predicted molar refractivity (Wildman–Crippen MR) is 92.3 cm³/mol. The van der Waals surface area contributed by atoms with E-state index < -0.39 is 5.54 Å². The van der Waals surface area contributed by atoms with Gasteiger partial charge < -0.3 is 25.3 Å². The molecule has 1 saturated heterocycles. The van der Waals surface area contributed by atoms with E-state index in [1.54, 1.807) is 0 Å². The highest BCUT2D eigenvalue weighted by atomic mass is 16.7. The van der Waals surface area contributed by atoms with Gasteiger partial charge in [-0.25, -0.2) is 0 Å². The van der Waals surface area contributed by atoms with Gasteiger partial charge in [0, 0.05) is 17.9 Å². The largest absolute Gasteiger partial charge is 0.454 e. The van der Waals surface area contributed by atoms with Crippen LogP contribution in [0.2, 0.25) is 0 Å². The number of carbonyl (C=O) groups is 1. The first-order chi connectivity index (χ1) is 11.9. The lowest BCUT2D eigenvalue weighted by molar-refractivity contribution is -0.225. The molecule has 0 radical (unpaired) electrons. The zero-order valence-electron chi connectivity index (χ0n) is 15.0. The first-order valence-electron chi connectivity index (χ1n) is 8.96. The van der Waals surface area contributed by atoms with Crippen LogP contribution in [-0.4, -0.2) is 30.9 Å². The Morgan fingerprint density at radius 3 is 2.88 bits per heavy atom. The highest BCUT2D eigenvalue weighted by Gasteiger charge is 2.70. The normalized spacial score (nSPS) is 33.1. The second kappa shape index (κ2) is 5.61. The molecule has 2 fully saturated rings. The molecule has 3 aliphatic rings. The maximum atomic E-state index is 13.1. The number of hydrogen-bond acceptors (Lipinski definition) is 5. The van der Waals surface area contributed by atoms with Gasteiger partial charge in [-0.3, -0.25) is 4.79 Å². The van der Waals surface area contributed by atoms with Gasteiger partial charge in [-0.1, -0.05) is 19.9 Å². The number of hydrogen-bond donors (Lipinski definition) is 2. The number of carbonyl (C=O) groups excluding carboxylic acids is 1. The van der Waals surface area contributed by atoms with E-state index in [9.17, 15) is 4.79 Å². The first kappa shape index (κ1) is 16.7. The fraction of sp³-hybridized carbons (Fsp3) is 0.632. The topological polar surface area (TPSA) is 82.8 Å². The van der Waals surface area contributed by atoms with E-state index in [2.05, 4.69) is 5.32 Å². The summed E-state index contributed by atoms with van der Waals surface area (Å²) in [6.45, 7) is 7.02. The molecule has 2 aliphatic heterocycles. The van der Waals surface area contributed by atoms with E-state index in [1.165, 1.54) is 0 Å². The van der Waals surface area contributed by atoms with Crippen molar-refractivity contribution in [3.8, 4) is 11.5 Å². The second-order valence-electron chi connectivity index (χ2n) is 7.94. The Hall–Kier alpha value is -1.79. The van der Waals surface area contributed by atoms with Crippen molar-refractivity contribution in [3.05, 3.63) is 23.8 Å². The second-order valence-corrected chi connectivity index (χ2v) is 7.94. The van der Waals surface area contributed by atoms with Gasteiger partial charge in [0.15, 0.2) is 11.5 Å². The number of rotatable bonds is 3. The van der Waals surface area contributed by atoms with Gasteiger partial charge in [0.05, 0.1) is 12.1 Å². The van der Waals surface area contributed by atoms with Crippen molar-refractivity contribution in [1.29, 1.82) is 0 Å². The zero-order chi connectivity index (χ0) is 17.8. The zero-order valence-corrected chi connectivity index (χ0v) is 15.0. The summed E-state index contributed by atoms with van der Waals surface area (Å²) in [5.41, 5.74) is 6.35. The van der Waals surface area contributed by atoms with Crippen LogP contribution in [0.15, 0.2) is 18.2 Å². The number of ether oxygens (including phenoxy) is 3. The Labute approximate surface area is 148 Å². The van der Waals surface area contributed by atoms with Crippen LogP contribution < -0.4 is 20.5 Å². The summed E-state index contributed by atoms with van der Waals surface area (Å²) in [6, 6.07) is 5.56. The molecular weight excluding hydrogens is 320 g/mol. The average Bonchev–Trinajstić information content (AvgIpc) is 3.08. The van der Waals surface area contributed by atoms with Gasteiger partial charge in [-0.2, -0.15) is 0 Å². The van der Waals surface area contributed by atoms with Crippen LogP contribution >= 0.6 is 0 Å². The average molecular weight is 346 g/mol. The van der Waals surface area contributed by atoms with Crippen molar-refractivity contribution in [1.82, 2.24) is 5.32 Å². The maximum Gasteiger partial charge on any atom is 0.241 e. The Kier molecular flexibility index (Phi) is 3.74. The van der Waals surface area contributed by atoms with Crippen molar-refractivity contribution in [2.24, 2.45) is 17.1 Å². The smallest absolute Gasteiger partial charge is 0.241 e. The quantitative estimate of drug-likeness (QED) is 0.876. The van der Waals surface area contributed by atoms with Gasteiger partial charge >= 0.3 is 0 Å². The maximum absolute atomic E-state index is 13.1. The molecule has 1 saturated carbocycles. The summed E-state index contributed by atoms with van der Waals surface area (Å²) in [5.74, 6) is 1.43. The van der Waals surface area contributed by atoms with Crippen molar-refractivity contribution >= 4 is 5.91 Å². The summed E-state index contributed by atoms with van der Waals surface area (Å²) in [6.07, 6.45) is 1.97. The number of nitrogens with one attached hydrogen (secondary N) is 1. The van der Waals surface area contributed by atoms with E-state index in [0.717, 1.165) is 30.8 Å². The van der Waals surface area contributed by atoms with Gasteiger partial charge in [-0.15, -0.1) is 0 Å². The molecule has 1 amide bonds. The van der Waals surface area contributed by atoms with Crippen LogP contribution in [0.3, 0.4) is 0 Å². The molecule has 2 heterocycles. The van der Waals surface area contributed by atoms with E-state index in [-0.39, 0.29) is 36.2 Å². The van der Waals surface area contributed by atoms with Crippen LogP contribution in [0.4, 0.5) is 0 Å². The third-order valence-corrected chi connectivity index (χ3v) is 6.30. The molecule has 4 atom stereocenters. The Bertz CT molecular complexity index is 705. The van der Waals surface area contributed by atoms with Crippen LogP contribution in [0.1, 0.15) is 45.2 Å². The minimum absolute atomic E-state index is 0.0675. The minimum atomic E-state index is -0.900. The lowest BCUT2D eigenvalue weighted by Crippen LogP contribution is -2.82. The Balaban J connectivity index is 1.51. The molecule has 1 aliphatic carbocycles. The van der Waals surface area contributed by atoms with E-state index in [0.29, 0.717) is 5.75 Å². The highest BCUT2D eigenvalue weighted by Crippen LogP contribution is 2.57. The molecule has 25 heavy (non-hydrogen) atoms. The Morgan fingerprint density at radius 1 is 1.32 bits per heavy atom. The van der Waals surface area contributed by atoms with Gasteiger partial charge in [0.2, 0.25) is 12.7 Å². The molecule has 6 nitrogen and oxygen atoms in total. The van der Waals surface area contributed by atoms with Crippen LogP contribution in [-0.2, 0) is 9.53 Å². The van der Waals surface area contributed by atoms with Crippen molar-refractivity contribution in [2.75, 3.05) is 13.4 Å². The molecule has 4 unspecified atom stereocenters. The van der Waals surface area contributed by atoms with E-state index in [4.69, 9.17) is 19.9 Å². The molecule has 136 valence electrons. The van der Waals surface area contributed by atoms with Crippen molar-refractivity contribution < 1.29 is 19.0 Å². The first-order valence-corrected chi connectivity index (χ1v) is 8.96. The van der Waals surface area contributed by atoms with E-state index in [1.807, 2.05) is 39.0 Å². The molecule has 4 rings (SSSR count). The van der Waals surface area contributed by atoms with Crippen molar-refractivity contribution in [3.63, 3.8) is 0 Å². The third-order valence-electron chi connectivity index (χ3n) is 6.30. The predicted octanol–water partition coefficient (Wildman–Crippen LogP) is 2.12. The molecular formula is C19H26N2O4. The summed E-state index contributed by atoms with van der Waals surface area (Å²) >= 11 is 0. The molecule has 6 heteroatoms. The number of benzene rings is 1. The minimum Gasteiger partial charge on any atom is -0.454 e. The molecule has 0 spiro atoms. The van der Waals surface area contributed by atoms with Crippen LogP contribution in [0.5, 0.6) is 11.5 Å². The standard InChI is InChI=1S/C19H26N2O4/c1-11(12-6-7-14-15(9-12)25-10-24-14)21-17(22)19(20)13-5-4-8-23-16(13)18(19,2)3/h6-7,9,11,13,16H,4-5,8,10,20H2,1-3H3,(H,21,22). The van der Waals surface area contributed by atoms with Crippen LogP contribution in [0, 0.1) is 11.3 Å². The monoisotopic (exact) mass is 346 g/mol. The third kappa shape index (κ3) is 2.27. The Morgan fingerprint density at radius 2 is 2.08 bits per heavy atom.